The highest BCUT2D eigenvalue weighted by molar-refractivity contribution is 5.78. The number of hydrogen-bond donors (Lipinski definition) is 1. The number of amides is 2. The summed E-state index contributed by atoms with van der Waals surface area (Å²) in [6, 6.07) is 1.20. The molecular weight excluding hydrogens is 386 g/mol. The van der Waals surface area contributed by atoms with Gasteiger partial charge in [0.15, 0.2) is 0 Å². The van der Waals surface area contributed by atoms with E-state index >= 15 is 0 Å². The van der Waals surface area contributed by atoms with Crippen molar-refractivity contribution in [2.75, 3.05) is 52.7 Å². The molecule has 1 saturated carbocycles. The third kappa shape index (κ3) is 4.52. The van der Waals surface area contributed by atoms with Gasteiger partial charge in [0.05, 0.1) is 32.3 Å². The fourth-order valence-electron chi connectivity index (χ4n) is 5.85. The molecule has 168 valence electrons. The third-order valence-corrected chi connectivity index (χ3v) is 7.56. The van der Waals surface area contributed by atoms with E-state index in [-0.39, 0.29) is 29.8 Å². The molecule has 0 radical (unpaired) electrons. The number of morpholine rings is 1. The predicted molar refractivity (Wildman–Crippen MR) is 109 cm³/mol. The molecule has 0 aromatic carbocycles. The Balaban J connectivity index is 1.27. The SMILES string of the molecule is O=C(C[C@@H]1CN(C2CCOCC2)[C@@H]2CO[C@@H](CC(=O)N3CCOCC3)[C@H]12)NC1CC1. The Labute approximate surface area is 178 Å². The summed E-state index contributed by atoms with van der Waals surface area (Å²) in [7, 11) is 0. The lowest BCUT2D eigenvalue weighted by Gasteiger charge is -2.34. The van der Waals surface area contributed by atoms with Crippen LogP contribution in [0.2, 0.25) is 0 Å². The Morgan fingerprint density at radius 3 is 2.40 bits per heavy atom. The maximum Gasteiger partial charge on any atom is 0.225 e. The van der Waals surface area contributed by atoms with Crippen molar-refractivity contribution in [3.05, 3.63) is 0 Å². The molecule has 0 unspecified atom stereocenters. The molecule has 1 N–H and O–H groups in total. The van der Waals surface area contributed by atoms with Crippen LogP contribution in [0.25, 0.3) is 0 Å². The molecule has 8 nitrogen and oxygen atoms in total. The van der Waals surface area contributed by atoms with Crippen molar-refractivity contribution in [2.45, 2.75) is 62.8 Å². The Kier molecular flexibility index (Phi) is 6.27. The molecule has 1 aliphatic carbocycles. The highest BCUT2D eigenvalue weighted by Crippen LogP contribution is 2.43. The van der Waals surface area contributed by atoms with Gasteiger partial charge in [-0.2, -0.15) is 0 Å². The summed E-state index contributed by atoms with van der Waals surface area (Å²) < 4.78 is 17.2. The smallest absolute Gasteiger partial charge is 0.225 e. The fourth-order valence-corrected chi connectivity index (χ4v) is 5.85. The van der Waals surface area contributed by atoms with Gasteiger partial charge in [0.1, 0.15) is 0 Å². The number of likely N-dealkylation sites (tertiary alicyclic amines) is 1. The number of hydrogen-bond acceptors (Lipinski definition) is 6. The summed E-state index contributed by atoms with van der Waals surface area (Å²) in [5.41, 5.74) is 0. The summed E-state index contributed by atoms with van der Waals surface area (Å²) in [6.07, 6.45) is 5.18. The van der Waals surface area contributed by atoms with Crippen molar-refractivity contribution in [1.29, 1.82) is 0 Å². The van der Waals surface area contributed by atoms with E-state index < -0.39 is 0 Å². The number of nitrogens with zero attached hydrogens (tertiary/aromatic N) is 2. The van der Waals surface area contributed by atoms with Crippen molar-refractivity contribution < 1.29 is 23.8 Å². The molecule has 5 rings (SSSR count). The summed E-state index contributed by atoms with van der Waals surface area (Å²) in [5.74, 6) is 0.833. The number of nitrogens with one attached hydrogen (secondary N) is 1. The molecule has 2 amide bonds. The lowest BCUT2D eigenvalue weighted by Crippen LogP contribution is -2.44. The minimum Gasteiger partial charge on any atom is -0.381 e. The lowest BCUT2D eigenvalue weighted by atomic mass is 9.84. The van der Waals surface area contributed by atoms with Crippen LogP contribution in [-0.4, -0.2) is 98.5 Å². The first-order valence-corrected chi connectivity index (χ1v) is 11.8. The van der Waals surface area contributed by atoms with E-state index in [1.54, 1.807) is 0 Å². The van der Waals surface area contributed by atoms with Crippen LogP contribution in [-0.2, 0) is 23.8 Å². The average molecular weight is 422 g/mol. The van der Waals surface area contributed by atoms with Crippen LogP contribution in [0.1, 0.15) is 38.5 Å². The monoisotopic (exact) mass is 421 g/mol. The Hall–Kier alpha value is -1.22. The van der Waals surface area contributed by atoms with Crippen molar-refractivity contribution in [1.82, 2.24) is 15.1 Å². The average Bonchev–Trinajstić information content (AvgIpc) is 3.38. The third-order valence-electron chi connectivity index (χ3n) is 7.56. The van der Waals surface area contributed by atoms with Crippen molar-refractivity contribution in [2.24, 2.45) is 11.8 Å². The first kappa shape index (κ1) is 20.7. The first-order valence-electron chi connectivity index (χ1n) is 11.8. The zero-order valence-corrected chi connectivity index (χ0v) is 17.8. The van der Waals surface area contributed by atoms with Crippen LogP contribution in [0, 0.1) is 11.8 Å². The van der Waals surface area contributed by atoms with Crippen LogP contribution in [0.4, 0.5) is 0 Å². The molecule has 0 aromatic rings. The lowest BCUT2D eigenvalue weighted by molar-refractivity contribution is -0.138. The van der Waals surface area contributed by atoms with E-state index in [1.807, 2.05) is 4.90 Å². The largest absolute Gasteiger partial charge is 0.381 e. The first-order chi connectivity index (χ1) is 14.7. The number of carbonyl (C=O) groups excluding carboxylic acids is 2. The van der Waals surface area contributed by atoms with Gasteiger partial charge in [0.2, 0.25) is 11.8 Å². The summed E-state index contributed by atoms with van der Waals surface area (Å²) in [4.78, 5) is 30.0. The second-order valence-corrected chi connectivity index (χ2v) is 9.56. The maximum atomic E-state index is 12.9. The molecule has 0 bridgehead atoms. The van der Waals surface area contributed by atoms with Gasteiger partial charge in [0.25, 0.3) is 0 Å². The molecule has 4 atom stereocenters. The molecule has 5 aliphatic rings. The molecule has 5 fully saturated rings. The van der Waals surface area contributed by atoms with Crippen molar-refractivity contribution in [3.8, 4) is 0 Å². The van der Waals surface area contributed by atoms with Gasteiger partial charge >= 0.3 is 0 Å². The quantitative estimate of drug-likeness (QED) is 0.669. The van der Waals surface area contributed by atoms with Gasteiger partial charge in [-0.1, -0.05) is 0 Å². The second kappa shape index (κ2) is 9.10. The molecule has 0 spiro atoms. The van der Waals surface area contributed by atoms with E-state index in [1.165, 1.54) is 0 Å². The van der Waals surface area contributed by atoms with Crippen molar-refractivity contribution in [3.63, 3.8) is 0 Å². The van der Waals surface area contributed by atoms with E-state index in [9.17, 15) is 9.59 Å². The van der Waals surface area contributed by atoms with Gasteiger partial charge in [-0.3, -0.25) is 14.5 Å². The Bertz CT molecular complexity index is 630. The molecule has 8 heteroatoms. The van der Waals surface area contributed by atoms with E-state index in [0.717, 1.165) is 45.4 Å². The van der Waals surface area contributed by atoms with Crippen LogP contribution in [0.3, 0.4) is 0 Å². The van der Waals surface area contributed by atoms with E-state index in [0.29, 0.717) is 63.9 Å². The predicted octanol–water partition coefficient (Wildman–Crippen LogP) is 0.398. The highest BCUT2D eigenvalue weighted by Gasteiger charge is 2.53. The Morgan fingerprint density at radius 2 is 1.67 bits per heavy atom. The molecule has 4 heterocycles. The van der Waals surface area contributed by atoms with Crippen LogP contribution in [0.15, 0.2) is 0 Å². The van der Waals surface area contributed by atoms with Gasteiger partial charge in [-0.15, -0.1) is 0 Å². The minimum atomic E-state index is -0.0890. The fraction of sp³-hybridized carbons (Fsp3) is 0.909. The zero-order chi connectivity index (χ0) is 20.5. The maximum absolute atomic E-state index is 12.9. The molecule has 4 aliphatic heterocycles. The summed E-state index contributed by atoms with van der Waals surface area (Å²) >= 11 is 0. The molecular formula is C22H35N3O5. The van der Waals surface area contributed by atoms with Crippen LogP contribution < -0.4 is 5.32 Å². The van der Waals surface area contributed by atoms with Gasteiger partial charge in [-0.05, 0) is 31.6 Å². The standard InChI is InChI=1S/C22H35N3O5/c26-20(23-16-1-2-16)11-15-13-25(17-3-7-28-8-4-17)18-14-30-19(22(15)18)12-21(27)24-5-9-29-10-6-24/h15-19,22H,1-14H2,(H,23,26)/t15-,18-,19+,22-/m1/s1. The minimum absolute atomic E-state index is 0.0890. The topological polar surface area (TPSA) is 80.3 Å². The number of fused-ring (bicyclic) bond motifs is 1. The summed E-state index contributed by atoms with van der Waals surface area (Å²) in [6.45, 7) is 5.79. The zero-order valence-electron chi connectivity index (χ0n) is 17.8. The van der Waals surface area contributed by atoms with Gasteiger partial charge in [0, 0.05) is 63.3 Å². The van der Waals surface area contributed by atoms with E-state index in [2.05, 4.69) is 10.2 Å². The summed E-state index contributed by atoms with van der Waals surface area (Å²) in [5, 5.41) is 3.16. The number of carbonyl (C=O) groups is 2. The van der Waals surface area contributed by atoms with Crippen molar-refractivity contribution >= 4 is 11.8 Å². The van der Waals surface area contributed by atoms with Crippen LogP contribution >= 0.6 is 0 Å². The van der Waals surface area contributed by atoms with Crippen LogP contribution in [0.5, 0.6) is 0 Å². The Morgan fingerprint density at radius 1 is 0.933 bits per heavy atom. The molecule has 0 aromatic heterocycles. The van der Waals surface area contributed by atoms with Gasteiger partial charge < -0.3 is 24.4 Å². The number of rotatable bonds is 6. The van der Waals surface area contributed by atoms with E-state index in [4.69, 9.17) is 14.2 Å². The highest BCUT2D eigenvalue weighted by atomic mass is 16.5. The molecule has 30 heavy (non-hydrogen) atoms. The normalized spacial score (nSPS) is 35.4. The second-order valence-electron chi connectivity index (χ2n) is 9.56. The van der Waals surface area contributed by atoms with Gasteiger partial charge in [-0.25, -0.2) is 0 Å². The molecule has 4 saturated heterocycles. The number of ether oxygens (including phenoxy) is 3.